The molecule has 0 bridgehead atoms. The van der Waals surface area contributed by atoms with Crippen LogP contribution in [0.5, 0.6) is 0 Å². The number of halogens is 4. The Labute approximate surface area is 135 Å². The Morgan fingerprint density at radius 2 is 1.60 bits per heavy atom. The first-order valence-electron chi connectivity index (χ1n) is 5.31. The summed E-state index contributed by atoms with van der Waals surface area (Å²) in [5, 5.41) is 0.712. The van der Waals surface area contributed by atoms with Crippen molar-refractivity contribution >= 4 is 54.5 Å². The fraction of sp³-hybridized carbons (Fsp3) is 0.0833. The topological polar surface area (TPSA) is 47.0 Å². The van der Waals surface area contributed by atoms with Gasteiger partial charge in [0.15, 0.2) is 0 Å². The van der Waals surface area contributed by atoms with Crippen molar-refractivity contribution in [2.75, 3.05) is 0 Å². The fourth-order valence-corrected chi connectivity index (χ4v) is 2.93. The summed E-state index contributed by atoms with van der Waals surface area (Å²) in [6.07, 6.45) is 0.450. The van der Waals surface area contributed by atoms with Crippen molar-refractivity contribution in [3.05, 3.63) is 56.8 Å². The highest BCUT2D eigenvalue weighted by Crippen LogP contribution is 2.27. The van der Waals surface area contributed by atoms with Gasteiger partial charge in [-0.05, 0) is 29.3 Å². The maximum atomic E-state index is 11.1. The SMILES string of the molecule is O=S(=O)(Cl)c1ccc(Cc2cc(Cl)c(Cl)nc2Cl)cc1. The molecule has 2 rings (SSSR count). The first-order chi connectivity index (χ1) is 9.27. The Kier molecular flexibility index (Phi) is 4.82. The maximum absolute atomic E-state index is 11.1. The van der Waals surface area contributed by atoms with Crippen LogP contribution in [0.15, 0.2) is 35.2 Å². The van der Waals surface area contributed by atoms with E-state index in [0.29, 0.717) is 17.0 Å². The normalized spacial score (nSPS) is 11.6. The third-order valence-electron chi connectivity index (χ3n) is 2.56. The van der Waals surface area contributed by atoms with Gasteiger partial charge < -0.3 is 0 Å². The molecule has 0 fully saturated rings. The molecule has 20 heavy (non-hydrogen) atoms. The van der Waals surface area contributed by atoms with Crippen molar-refractivity contribution in [1.82, 2.24) is 4.98 Å². The second-order valence-corrected chi connectivity index (χ2v) is 7.66. The standard InChI is InChI=1S/C12H7Cl4NO2S/c13-10-6-8(11(14)17-12(10)15)5-7-1-3-9(4-2-7)20(16,18)19/h1-4,6H,5H2. The van der Waals surface area contributed by atoms with Crippen LogP contribution in [0.1, 0.15) is 11.1 Å². The number of hydrogen-bond acceptors (Lipinski definition) is 3. The van der Waals surface area contributed by atoms with Crippen LogP contribution in [0.4, 0.5) is 0 Å². The summed E-state index contributed by atoms with van der Waals surface area (Å²) in [5.74, 6) is 0. The van der Waals surface area contributed by atoms with Gasteiger partial charge in [0.25, 0.3) is 9.05 Å². The van der Waals surface area contributed by atoms with E-state index in [1.54, 1.807) is 18.2 Å². The Bertz CT molecular complexity index is 745. The van der Waals surface area contributed by atoms with E-state index in [9.17, 15) is 8.42 Å². The fourth-order valence-electron chi connectivity index (χ4n) is 1.60. The van der Waals surface area contributed by atoms with Crippen molar-refractivity contribution in [2.24, 2.45) is 0 Å². The molecule has 2 aromatic rings. The van der Waals surface area contributed by atoms with Crippen LogP contribution in [0.2, 0.25) is 15.3 Å². The van der Waals surface area contributed by atoms with Gasteiger partial charge in [0.05, 0.1) is 9.92 Å². The molecule has 0 saturated carbocycles. The molecule has 0 atom stereocenters. The molecule has 0 N–H and O–H groups in total. The lowest BCUT2D eigenvalue weighted by molar-refractivity contribution is 0.609. The highest BCUT2D eigenvalue weighted by Gasteiger charge is 2.11. The smallest absolute Gasteiger partial charge is 0.223 e. The summed E-state index contributed by atoms with van der Waals surface area (Å²) in [6, 6.07) is 7.78. The molecule has 0 aliphatic heterocycles. The quantitative estimate of drug-likeness (QED) is 0.587. The third kappa shape index (κ3) is 3.77. The van der Waals surface area contributed by atoms with E-state index in [-0.39, 0.29) is 15.2 Å². The van der Waals surface area contributed by atoms with Crippen molar-refractivity contribution in [3.8, 4) is 0 Å². The van der Waals surface area contributed by atoms with Crippen LogP contribution in [0.25, 0.3) is 0 Å². The molecule has 0 spiro atoms. The third-order valence-corrected chi connectivity index (χ3v) is 4.93. The molecule has 0 aliphatic rings. The summed E-state index contributed by atoms with van der Waals surface area (Å²) < 4.78 is 22.3. The van der Waals surface area contributed by atoms with Crippen LogP contribution in [0, 0.1) is 0 Å². The number of rotatable bonds is 3. The Morgan fingerprint density at radius 3 is 2.15 bits per heavy atom. The van der Waals surface area contributed by atoms with Gasteiger partial charge in [-0.1, -0.05) is 46.9 Å². The molecule has 3 nitrogen and oxygen atoms in total. The van der Waals surface area contributed by atoms with Gasteiger partial charge in [-0.3, -0.25) is 0 Å². The zero-order chi connectivity index (χ0) is 14.9. The minimum Gasteiger partial charge on any atom is -0.223 e. The van der Waals surface area contributed by atoms with E-state index in [1.165, 1.54) is 12.1 Å². The average molecular weight is 371 g/mol. The van der Waals surface area contributed by atoms with Crippen LogP contribution >= 0.6 is 45.5 Å². The zero-order valence-electron chi connectivity index (χ0n) is 9.78. The number of nitrogens with zero attached hydrogens (tertiary/aromatic N) is 1. The molecule has 0 saturated heterocycles. The monoisotopic (exact) mass is 369 g/mol. The molecular weight excluding hydrogens is 364 g/mol. The van der Waals surface area contributed by atoms with Crippen LogP contribution in [-0.2, 0) is 15.5 Å². The van der Waals surface area contributed by atoms with Crippen LogP contribution in [0.3, 0.4) is 0 Å². The van der Waals surface area contributed by atoms with E-state index < -0.39 is 9.05 Å². The van der Waals surface area contributed by atoms with Gasteiger partial charge in [-0.2, -0.15) is 0 Å². The van der Waals surface area contributed by atoms with E-state index in [4.69, 9.17) is 45.5 Å². The van der Waals surface area contributed by atoms with Gasteiger partial charge in [0, 0.05) is 17.1 Å². The van der Waals surface area contributed by atoms with E-state index in [1.807, 2.05) is 0 Å². The van der Waals surface area contributed by atoms with Crippen molar-refractivity contribution in [2.45, 2.75) is 11.3 Å². The molecule has 1 aromatic heterocycles. The van der Waals surface area contributed by atoms with E-state index >= 15 is 0 Å². The Balaban J connectivity index is 2.29. The lowest BCUT2D eigenvalue weighted by Gasteiger charge is -2.06. The molecule has 1 heterocycles. The van der Waals surface area contributed by atoms with Gasteiger partial charge in [0.1, 0.15) is 10.3 Å². The van der Waals surface area contributed by atoms with Gasteiger partial charge in [-0.25, -0.2) is 13.4 Å². The molecule has 8 heteroatoms. The number of hydrogen-bond donors (Lipinski definition) is 0. The molecule has 0 radical (unpaired) electrons. The van der Waals surface area contributed by atoms with Crippen molar-refractivity contribution in [1.29, 1.82) is 0 Å². The van der Waals surface area contributed by atoms with Gasteiger partial charge in [0.2, 0.25) is 0 Å². The van der Waals surface area contributed by atoms with Crippen LogP contribution < -0.4 is 0 Å². The lowest BCUT2D eigenvalue weighted by atomic mass is 10.1. The zero-order valence-corrected chi connectivity index (χ0v) is 13.6. The first-order valence-corrected chi connectivity index (χ1v) is 8.75. The lowest BCUT2D eigenvalue weighted by Crippen LogP contribution is -1.95. The van der Waals surface area contributed by atoms with E-state index in [0.717, 1.165) is 5.56 Å². The first kappa shape index (κ1) is 15.9. The molecule has 0 aliphatic carbocycles. The summed E-state index contributed by atoms with van der Waals surface area (Å²) in [6.45, 7) is 0. The molecule has 0 unspecified atom stereocenters. The Hall–Kier alpha value is -0.520. The molecular formula is C12H7Cl4NO2S. The van der Waals surface area contributed by atoms with Crippen LogP contribution in [-0.4, -0.2) is 13.4 Å². The summed E-state index contributed by atoms with van der Waals surface area (Å²) in [4.78, 5) is 3.95. The predicted octanol–water partition coefficient (Wildman–Crippen LogP) is 4.56. The minimum absolute atomic E-state index is 0.0428. The molecule has 1 aromatic carbocycles. The van der Waals surface area contributed by atoms with E-state index in [2.05, 4.69) is 4.98 Å². The average Bonchev–Trinajstić information content (AvgIpc) is 2.35. The number of aromatic nitrogens is 1. The second kappa shape index (κ2) is 6.08. The summed E-state index contributed by atoms with van der Waals surface area (Å²) >= 11 is 17.6. The predicted molar refractivity (Wildman–Crippen MR) is 81.6 cm³/mol. The number of benzene rings is 1. The molecule has 0 amide bonds. The largest absolute Gasteiger partial charge is 0.261 e. The Morgan fingerprint density at radius 1 is 1.00 bits per heavy atom. The summed E-state index contributed by atoms with van der Waals surface area (Å²) in [5.41, 5.74) is 1.54. The highest BCUT2D eigenvalue weighted by atomic mass is 35.7. The summed E-state index contributed by atoms with van der Waals surface area (Å²) in [7, 11) is 1.53. The highest BCUT2D eigenvalue weighted by molar-refractivity contribution is 8.13. The minimum atomic E-state index is -3.72. The maximum Gasteiger partial charge on any atom is 0.261 e. The van der Waals surface area contributed by atoms with Crippen molar-refractivity contribution in [3.63, 3.8) is 0 Å². The van der Waals surface area contributed by atoms with Gasteiger partial charge >= 0.3 is 0 Å². The van der Waals surface area contributed by atoms with Crippen molar-refractivity contribution < 1.29 is 8.42 Å². The second-order valence-electron chi connectivity index (χ2n) is 3.97. The number of pyridine rings is 1. The molecule has 106 valence electrons. The van der Waals surface area contributed by atoms with Gasteiger partial charge in [-0.15, -0.1) is 0 Å².